The van der Waals surface area contributed by atoms with Crippen molar-refractivity contribution in [1.82, 2.24) is 0 Å². The molecule has 2 rings (SSSR count). The highest BCUT2D eigenvalue weighted by molar-refractivity contribution is 7.85. The van der Waals surface area contributed by atoms with Gasteiger partial charge in [-0.1, -0.05) is 13.8 Å². The highest BCUT2D eigenvalue weighted by Crippen LogP contribution is 2.58. The van der Waals surface area contributed by atoms with Crippen molar-refractivity contribution in [2.75, 3.05) is 25.6 Å². The Kier molecular flexibility index (Phi) is 7.31. The van der Waals surface area contributed by atoms with Gasteiger partial charge in [0.15, 0.2) is 0 Å². The summed E-state index contributed by atoms with van der Waals surface area (Å²) in [7, 11) is -5.01. The molecule has 1 N–H and O–H groups in total. The zero-order valence-corrected chi connectivity index (χ0v) is 17.4. The minimum Gasteiger partial charge on any atom is -0.407 e. The third-order valence-corrected chi connectivity index (χ3v) is 8.53. The number of phosphoric acid groups is 1. The van der Waals surface area contributed by atoms with Crippen LogP contribution in [-0.2, 0) is 28.9 Å². The molecule has 1 fully saturated rings. The quantitative estimate of drug-likeness (QED) is 0.600. The smallest absolute Gasteiger partial charge is 0.407 e. The summed E-state index contributed by atoms with van der Waals surface area (Å²) in [4.78, 5) is 0. The van der Waals surface area contributed by atoms with E-state index in [-0.39, 0.29) is 25.7 Å². The molecule has 8 heteroatoms. The van der Waals surface area contributed by atoms with Crippen molar-refractivity contribution < 1.29 is 27.5 Å². The first-order valence-electron chi connectivity index (χ1n) is 9.13. The van der Waals surface area contributed by atoms with Crippen LogP contribution < -0.4 is 0 Å². The van der Waals surface area contributed by atoms with E-state index < -0.39 is 29.3 Å². The van der Waals surface area contributed by atoms with Crippen molar-refractivity contribution in [2.45, 2.75) is 58.6 Å². The zero-order valence-electron chi connectivity index (χ0n) is 15.7. The predicted octanol–water partition coefficient (Wildman–Crippen LogP) is 3.78. The summed E-state index contributed by atoms with van der Waals surface area (Å²) in [5.74, 6) is 1.20. The lowest BCUT2D eigenvalue weighted by atomic mass is 9.71. The van der Waals surface area contributed by atoms with Crippen LogP contribution in [0.3, 0.4) is 0 Å². The van der Waals surface area contributed by atoms with Gasteiger partial charge in [-0.25, -0.2) is 4.57 Å². The maximum atomic E-state index is 13.0. The number of fused-ring (bicyclic) bond motifs is 1. The lowest BCUT2D eigenvalue weighted by Crippen LogP contribution is -2.46. The molecule has 0 amide bonds. The Morgan fingerprint density at radius 2 is 1.92 bits per heavy atom. The summed E-state index contributed by atoms with van der Waals surface area (Å²) in [6.45, 7) is 7.55. The van der Waals surface area contributed by atoms with Crippen LogP contribution in [0, 0.1) is 11.3 Å². The number of aliphatic hydroxyl groups excluding tert-OH is 1. The SMILES string of the molecule is CCOP(=O)(OCC)OC1=C2CCC[C@@H]2C[C@](C)(CO)[C@@H]1S(=O)CC. The Bertz CT molecular complexity index is 567. The molecule has 0 aromatic heterocycles. The third kappa shape index (κ3) is 4.38. The van der Waals surface area contributed by atoms with E-state index in [2.05, 4.69) is 0 Å². The molecule has 6 nitrogen and oxygen atoms in total. The van der Waals surface area contributed by atoms with Gasteiger partial charge in [-0.15, -0.1) is 0 Å². The Morgan fingerprint density at radius 3 is 2.44 bits per heavy atom. The fraction of sp³-hybridized carbons (Fsp3) is 0.882. The molecule has 0 aromatic carbocycles. The second kappa shape index (κ2) is 8.66. The molecular formula is C17H31O6PS. The second-order valence-electron chi connectivity index (χ2n) is 6.92. The molecule has 1 saturated carbocycles. The first-order valence-corrected chi connectivity index (χ1v) is 12.0. The van der Waals surface area contributed by atoms with Crippen molar-refractivity contribution in [1.29, 1.82) is 0 Å². The largest absolute Gasteiger partial charge is 0.529 e. The Hall–Kier alpha value is -0.200. The normalized spacial score (nSPS) is 31.1. The van der Waals surface area contributed by atoms with Gasteiger partial charge in [0.1, 0.15) is 11.0 Å². The Morgan fingerprint density at radius 1 is 1.28 bits per heavy atom. The first-order chi connectivity index (χ1) is 11.8. The second-order valence-corrected chi connectivity index (χ2v) is 10.3. The zero-order chi connectivity index (χ0) is 18.7. The lowest BCUT2D eigenvalue weighted by Gasteiger charge is -2.43. The van der Waals surface area contributed by atoms with Crippen LogP contribution in [0.5, 0.6) is 0 Å². The van der Waals surface area contributed by atoms with Gasteiger partial charge < -0.3 is 9.63 Å². The number of phosphoric ester groups is 1. The van der Waals surface area contributed by atoms with E-state index >= 15 is 0 Å². The number of aliphatic hydroxyl groups is 1. The molecule has 0 saturated heterocycles. The topological polar surface area (TPSA) is 82.1 Å². The average molecular weight is 394 g/mol. The summed E-state index contributed by atoms with van der Waals surface area (Å²) >= 11 is 0. The Balaban J connectivity index is 2.50. The molecule has 1 unspecified atom stereocenters. The predicted molar refractivity (Wildman–Crippen MR) is 98.6 cm³/mol. The van der Waals surface area contributed by atoms with Crippen molar-refractivity contribution in [3.8, 4) is 0 Å². The highest BCUT2D eigenvalue weighted by Gasteiger charge is 2.51. The summed E-state index contributed by atoms with van der Waals surface area (Å²) in [5, 5.41) is 9.56. The molecule has 4 atom stereocenters. The molecule has 0 radical (unpaired) electrons. The standard InChI is InChI=1S/C17H31O6PS/c1-5-21-24(19,22-6-2)23-15-14-10-8-9-13(14)11-17(4,12-18)16(15)25(20)7-3/h13,16,18H,5-12H2,1-4H3/t13-,16-,17-,25?/m1/s1. The van der Waals surface area contributed by atoms with E-state index in [4.69, 9.17) is 13.6 Å². The van der Waals surface area contributed by atoms with Crippen molar-refractivity contribution in [3.63, 3.8) is 0 Å². The molecule has 0 heterocycles. The van der Waals surface area contributed by atoms with Gasteiger partial charge in [-0.05, 0) is 51.0 Å². The summed E-state index contributed by atoms with van der Waals surface area (Å²) < 4.78 is 42.3. The van der Waals surface area contributed by atoms with Crippen LogP contribution >= 0.6 is 7.82 Å². The van der Waals surface area contributed by atoms with E-state index in [1.54, 1.807) is 13.8 Å². The van der Waals surface area contributed by atoms with Gasteiger partial charge in [0, 0.05) is 22.0 Å². The van der Waals surface area contributed by atoms with E-state index in [1.807, 2.05) is 13.8 Å². The van der Waals surface area contributed by atoms with Gasteiger partial charge in [-0.3, -0.25) is 13.3 Å². The molecular weight excluding hydrogens is 363 g/mol. The summed E-state index contributed by atoms with van der Waals surface area (Å²) in [6, 6.07) is 0. The van der Waals surface area contributed by atoms with Crippen LogP contribution in [0.1, 0.15) is 53.4 Å². The minimum atomic E-state index is -3.77. The minimum absolute atomic E-state index is 0.0897. The van der Waals surface area contributed by atoms with Gasteiger partial charge in [0.25, 0.3) is 0 Å². The fourth-order valence-electron chi connectivity index (χ4n) is 4.01. The molecule has 2 aliphatic rings. The van der Waals surface area contributed by atoms with Crippen LogP contribution in [0.15, 0.2) is 11.3 Å². The van der Waals surface area contributed by atoms with E-state index in [1.165, 1.54) is 0 Å². The van der Waals surface area contributed by atoms with Gasteiger partial charge in [0.2, 0.25) is 0 Å². The highest BCUT2D eigenvalue weighted by atomic mass is 32.2. The number of hydrogen-bond donors (Lipinski definition) is 1. The van der Waals surface area contributed by atoms with Gasteiger partial charge in [0.05, 0.1) is 19.8 Å². The van der Waals surface area contributed by atoms with Crippen molar-refractivity contribution >= 4 is 18.6 Å². The van der Waals surface area contributed by atoms with Crippen LogP contribution in [0.4, 0.5) is 0 Å². The summed E-state index contributed by atoms with van der Waals surface area (Å²) in [6.07, 6.45) is 3.65. The molecule has 146 valence electrons. The molecule has 2 aliphatic carbocycles. The molecule has 0 aromatic rings. The van der Waals surface area contributed by atoms with E-state index in [0.29, 0.717) is 11.5 Å². The number of hydrogen-bond acceptors (Lipinski definition) is 6. The molecule has 0 spiro atoms. The maximum Gasteiger partial charge on any atom is 0.529 e. The van der Waals surface area contributed by atoms with E-state index in [9.17, 15) is 13.9 Å². The fourth-order valence-corrected chi connectivity index (χ4v) is 6.93. The Labute approximate surface area is 153 Å². The molecule has 25 heavy (non-hydrogen) atoms. The number of rotatable bonds is 9. The van der Waals surface area contributed by atoms with Crippen LogP contribution in [0.25, 0.3) is 0 Å². The number of allylic oxidation sites excluding steroid dienone is 1. The summed E-state index contributed by atoms with van der Waals surface area (Å²) in [5.41, 5.74) is 0.509. The third-order valence-electron chi connectivity index (χ3n) is 5.09. The maximum absolute atomic E-state index is 13.0. The first kappa shape index (κ1) is 21.1. The van der Waals surface area contributed by atoms with Crippen LogP contribution in [-0.4, -0.2) is 40.1 Å². The van der Waals surface area contributed by atoms with Crippen molar-refractivity contribution in [2.24, 2.45) is 11.3 Å². The average Bonchev–Trinajstić information content (AvgIpc) is 3.02. The van der Waals surface area contributed by atoms with Gasteiger partial charge >= 0.3 is 7.82 Å². The van der Waals surface area contributed by atoms with Crippen molar-refractivity contribution in [3.05, 3.63) is 11.3 Å². The molecule has 0 bridgehead atoms. The van der Waals surface area contributed by atoms with E-state index in [0.717, 1.165) is 31.3 Å². The molecule has 0 aliphatic heterocycles. The monoisotopic (exact) mass is 394 g/mol. The van der Waals surface area contributed by atoms with Crippen LogP contribution in [0.2, 0.25) is 0 Å². The van der Waals surface area contributed by atoms with Gasteiger partial charge in [-0.2, -0.15) is 0 Å². The lowest BCUT2D eigenvalue weighted by molar-refractivity contribution is 0.0857.